The van der Waals surface area contributed by atoms with E-state index in [-0.39, 0.29) is 17.4 Å². The Balaban J connectivity index is 2.11. The van der Waals surface area contributed by atoms with Gasteiger partial charge in [-0.3, -0.25) is 0 Å². The number of thiocarbonyl (C=S) groups is 1. The molecule has 0 amide bonds. The molecule has 3 heteroatoms. The van der Waals surface area contributed by atoms with Crippen molar-refractivity contribution in [2.75, 3.05) is 0 Å². The van der Waals surface area contributed by atoms with E-state index in [0.717, 1.165) is 37.7 Å². The summed E-state index contributed by atoms with van der Waals surface area (Å²) in [6.45, 7) is 13.2. The van der Waals surface area contributed by atoms with Gasteiger partial charge in [-0.15, -0.1) is 0 Å². The fraction of sp³-hybridized carbons (Fsp3) is 0.762. The summed E-state index contributed by atoms with van der Waals surface area (Å²) in [6.07, 6.45) is 7.48. The second-order valence-electron chi connectivity index (χ2n) is 8.93. The van der Waals surface area contributed by atoms with E-state index in [1.165, 1.54) is 5.57 Å². The van der Waals surface area contributed by atoms with Gasteiger partial charge in [0.2, 0.25) is 0 Å². The van der Waals surface area contributed by atoms with Gasteiger partial charge < -0.3 is 5.11 Å². The Morgan fingerprint density at radius 2 is 2.12 bits per heavy atom. The third kappa shape index (κ3) is 2.57. The summed E-state index contributed by atoms with van der Waals surface area (Å²) in [6, 6.07) is 0. The first-order chi connectivity index (χ1) is 11.2. The maximum atomic E-state index is 12.0. The number of allylic oxidation sites excluding steroid dienone is 1. The van der Waals surface area contributed by atoms with Crippen molar-refractivity contribution in [1.29, 1.82) is 0 Å². The van der Waals surface area contributed by atoms with Gasteiger partial charge in [-0.25, -0.2) is 4.99 Å². The normalized spacial score (nSPS) is 47.4. The van der Waals surface area contributed by atoms with Crippen LogP contribution in [0, 0.1) is 29.6 Å². The zero-order valence-electron chi connectivity index (χ0n) is 15.5. The van der Waals surface area contributed by atoms with Crippen LogP contribution in [0.2, 0.25) is 0 Å². The number of isothiocyanates is 1. The molecule has 3 aliphatic rings. The van der Waals surface area contributed by atoms with E-state index in [1.54, 1.807) is 0 Å². The van der Waals surface area contributed by atoms with Gasteiger partial charge in [0.1, 0.15) is 0 Å². The molecule has 0 aromatic rings. The van der Waals surface area contributed by atoms with E-state index in [2.05, 4.69) is 50.5 Å². The van der Waals surface area contributed by atoms with E-state index < -0.39 is 5.60 Å². The van der Waals surface area contributed by atoms with Crippen molar-refractivity contribution in [3.63, 3.8) is 0 Å². The second-order valence-corrected chi connectivity index (χ2v) is 9.11. The second kappa shape index (κ2) is 6.20. The molecule has 0 bridgehead atoms. The van der Waals surface area contributed by atoms with Gasteiger partial charge in [0.05, 0.1) is 16.3 Å². The molecule has 2 nitrogen and oxygen atoms in total. The summed E-state index contributed by atoms with van der Waals surface area (Å²) >= 11 is 4.95. The van der Waals surface area contributed by atoms with Crippen LogP contribution >= 0.6 is 12.2 Å². The average molecular weight is 346 g/mol. The van der Waals surface area contributed by atoms with Crippen LogP contribution in [-0.4, -0.2) is 21.4 Å². The van der Waals surface area contributed by atoms with Crippen LogP contribution in [0.1, 0.15) is 59.8 Å². The number of nitrogens with zero attached hydrogens (tertiary/aromatic N) is 1. The number of aliphatic imine (C=N–C) groups is 1. The van der Waals surface area contributed by atoms with E-state index in [1.807, 2.05) is 0 Å². The van der Waals surface area contributed by atoms with Crippen molar-refractivity contribution < 1.29 is 5.11 Å². The van der Waals surface area contributed by atoms with Crippen LogP contribution in [0.15, 0.2) is 28.8 Å². The van der Waals surface area contributed by atoms with Gasteiger partial charge in [0.25, 0.3) is 0 Å². The summed E-state index contributed by atoms with van der Waals surface area (Å²) in [4.78, 5) is 4.60. The maximum Gasteiger partial charge on any atom is 0.0950 e. The number of hydrogen-bond donors (Lipinski definition) is 1. The third-order valence-electron chi connectivity index (χ3n) is 7.27. The van der Waals surface area contributed by atoms with Gasteiger partial charge in [-0.2, -0.15) is 0 Å². The largest absolute Gasteiger partial charge is 0.385 e. The van der Waals surface area contributed by atoms with Crippen molar-refractivity contribution in [1.82, 2.24) is 0 Å². The molecule has 3 aliphatic carbocycles. The minimum atomic E-state index is -0.782. The topological polar surface area (TPSA) is 32.6 Å². The standard InChI is InChI=1S/C21H31NOS/c1-13(2)10-16-11-14(3)17-8-9-20(5,22-12-24)18-7-6-15(4)21(16,23)19(17)18/h10,14,16-19,23H,4,6-9,11H2,1-3,5H3. The lowest BCUT2D eigenvalue weighted by atomic mass is 9.45. The average Bonchev–Trinajstić information content (AvgIpc) is 2.49. The zero-order valence-corrected chi connectivity index (χ0v) is 16.3. The SMILES string of the molecule is C=C1CCC2C3C(CCC2(C)N=C=S)C(C)CC(C=C(C)C)C13O. The molecule has 0 radical (unpaired) electrons. The lowest BCUT2D eigenvalue weighted by Crippen LogP contribution is -2.64. The Bertz CT molecular complexity index is 615. The predicted octanol–water partition coefficient (Wildman–Crippen LogP) is 5.19. The predicted molar refractivity (Wildman–Crippen MR) is 103 cm³/mol. The summed E-state index contributed by atoms with van der Waals surface area (Å²) in [5.74, 6) is 1.98. The molecule has 132 valence electrons. The fourth-order valence-corrected chi connectivity index (χ4v) is 6.35. The molecule has 7 atom stereocenters. The maximum absolute atomic E-state index is 12.0. The molecule has 0 aromatic heterocycles. The number of rotatable bonds is 2. The van der Waals surface area contributed by atoms with E-state index in [0.29, 0.717) is 17.8 Å². The molecule has 3 rings (SSSR count). The van der Waals surface area contributed by atoms with Crippen LogP contribution in [0.3, 0.4) is 0 Å². The lowest BCUT2D eigenvalue weighted by molar-refractivity contribution is -0.159. The Kier molecular flexibility index (Phi) is 4.66. The summed E-state index contributed by atoms with van der Waals surface area (Å²) < 4.78 is 0. The van der Waals surface area contributed by atoms with Crippen LogP contribution in [0.25, 0.3) is 0 Å². The highest BCUT2D eigenvalue weighted by atomic mass is 32.1. The minimum absolute atomic E-state index is 0.174. The molecular formula is C21H31NOS. The summed E-state index contributed by atoms with van der Waals surface area (Å²) in [7, 11) is 0. The number of hydrogen-bond acceptors (Lipinski definition) is 3. The van der Waals surface area contributed by atoms with Crippen molar-refractivity contribution in [2.24, 2.45) is 34.6 Å². The van der Waals surface area contributed by atoms with Crippen LogP contribution in [0.4, 0.5) is 0 Å². The van der Waals surface area contributed by atoms with Crippen molar-refractivity contribution in [3.8, 4) is 0 Å². The number of aliphatic hydroxyl groups is 1. The van der Waals surface area contributed by atoms with Crippen molar-refractivity contribution in [3.05, 3.63) is 23.8 Å². The van der Waals surface area contributed by atoms with Crippen LogP contribution in [-0.2, 0) is 0 Å². The zero-order chi connectivity index (χ0) is 17.7. The molecule has 0 aromatic carbocycles. The summed E-state index contributed by atoms with van der Waals surface area (Å²) in [5.41, 5.74) is 1.36. The van der Waals surface area contributed by atoms with E-state index >= 15 is 0 Å². The molecule has 0 aliphatic heterocycles. The van der Waals surface area contributed by atoms with Gasteiger partial charge in [0.15, 0.2) is 0 Å². The fourth-order valence-electron chi connectivity index (χ4n) is 6.14. The van der Waals surface area contributed by atoms with E-state index in [9.17, 15) is 5.11 Å². The molecule has 1 N–H and O–H groups in total. The molecule has 3 fully saturated rings. The van der Waals surface area contributed by atoms with Crippen LogP contribution in [0.5, 0.6) is 0 Å². The molecule has 0 spiro atoms. The Labute approximate surface area is 152 Å². The monoisotopic (exact) mass is 345 g/mol. The Morgan fingerprint density at radius 1 is 1.42 bits per heavy atom. The molecule has 24 heavy (non-hydrogen) atoms. The van der Waals surface area contributed by atoms with Gasteiger partial charge in [0, 0.05) is 11.8 Å². The summed E-state index contributed by atoms with van der Waals surface area (Å²) in [5, 5.41) is 14.6. The lowest BCUT2D eigenvalue weighted by Gasteiger charge is -2.62. The first-order valence-electron chi connectivity index (χ1n) is 9.38. The smallest absolute Gasteiger partial charge is 0.0950 e. The first kappa shape index (κ1) is 18.0. The molecule has 3 saturated carbocycles. The Morgan fingerprint density at radius 3 is 2.75 bits per heavy atom. The highest BCUT2D eigenvalue weighted by molar-refractivity contribution is 7.78. The quantitative estimate of drug-likeness (QED) is 0.424. The van der Waals surface area contributed by atoms with Crippen molar-refractivity contribution >= 4 is 17.4 Å². The van der Waals surface area contributed by atoms with E-state index in [4.69, 9.17) is 12.2 Å². The highest BCUT2D eigenvalue weighted by Gasteiger charge is 2.62. The third-order valence-corrected chi connectivity index (χ3v) is 7.36. The first-order valence-corrected chi connectivity index (χ1v) is 9.79. The Hall–Kier alpha value is -0.760. The van der Waals surface area contributed by atoms with Crippen molar-refractivity contribution in [2.45, 2.75) is 70.9 Å². The highest BCUT2D eigenvalue weighted by Crippen LogP contribution is 2.62. The van der Waals surface area contributed by atoms with Gasteiger partial charge >= 0.3 is 0 Å². The molecule has 0 heterocycles. The minimum Gasteiger partial charge on any atom is -0.385 e. The molecule has 0 saturated heterocycles. The molecule has 7 unspecified atom stereocenters. The van der Waals surface area contributed by atoms with Gasteiger partial charge in [-0.05, 0) is 88.4 Å². The van der Waals surface area contributed by atoms with Gasteiger partial charge in [-0.1, -0.05) is 25.2 Å². The molecular weight excluding hydrogens is 314 g/mol. The van der Waals surface area contributed by atoms with Crippen LogP contribution < -0.4 is 0 Å².